The highest BCUT2D eigenvalue weighted by atomic mass is 79.9. The molecule has 0 saturated heterocycles. The molecule has 18 heavy (non-hydrogen) atoms. The molecule has 1 aromatic rings. The van der Waals surface area contributed by atoms with Gasteiger partial charge < -0.3 is 10.4 Å². The van der Waals surface area contributed by atoms with Crippen LogP contribution in [-0.4, -0.2) is 23.7 Å². The Morgan fingerprint density at radius 3 is 3.00 bits per heavy atom. The van der Waals surface area contributed by atoms with Crippen LogP contribution in [-0.2, 0) is 0 Å². The molecule has 1 aliphatic carbocycles. The first-order chi connectivity index (χ1) is 8.61. The molecule has 0 bridgehead atoms. The van der Waals surface area contributed by atoms with Crippen molar-refractivity contribution in [3.05, 3.63) is 34.1 Å². The van der Waals surface area contributed by atoms with Gasteiger partial charge in [-0.1, -0.05) is 22.4 Å². The van der Waals surface area contributed by atoms with E-state index in [2.05, 4.69) is 21.2 Å². The molecule has 0 aliphatic heterocycles. The summed E-state index contributed by atoms with van der Waals surface area (Å²) in [4.78, 5) is 12.0. The van der Waals surface area contributed by atoms with Gasteiger partial charge in [-0.15, -0.1) is 0 Å². The molecule has 0 aromatic heterocycles. The molecular weight excluding hydrogens is 301 g/mol. The van der Waals surface area contributed by atoms with Crippen molar-refractivity contribution in [1.82, 2.24) is 5.32 Å². The second-order valence-electron chi connectivity index (χ2n) is 4.58. The fourth-order valence-electron chi connectivity index (χ4n) is 2.36. The number of benzene rings is 1. The summed E-state index contributed by atoms with van der Waals surface area (Å²) in [5, 5.41) is 12.0. The highest BCUT2D eigenvalue weighted by Crippen LogP contribution is 2.25. The second-order valence-corrected chi connectivity index (χ2v) is 5.49. The Labute approximate surface area is 114 Å². The van der Waals surface area contributed by atoms with Crippen LogP contribution < -0.4 is 5.32 Å². The van der Waals surface area contributed by atoms with Crippen LogP contribution in [0.15, 0.2) is 22.7 Å². The van der Waals surface area contributed by atoms with Gasteiger partial charge in [-0.3, -0.25) is 4.79 Å². The fraction of sp³-hybridized carbons (Fsp3) is 0.462. The van der Waals surface area contributed by atoms with Gasteiger partial charge in [0.05, 0.1) is 5.56 Å². The van der Waals surface area contributed by atoms with Crippen LogP contribution in [0, 0.1) is 11.7 Å². The molecule has 1 saturated carbocycles. The van der Waals surface area contributed by atoms with Gasteiger partial charge in [0.1, 0.15) is 5.82 Å². The number of halogens is 2. The lowest BCUT2D eigenvalue weighted by Crippen LogP contribution is -2.38. The van der Waals surface area contributed by atoms with Crippen molar-refractivity contribution in [3.8, 4) is 0 Å². The molecule has 1 aromatic carbocycles. The van der Waals surface area contributed by atoms with E-state index in [9.17, 15) is 14.3 Å². The van der Waals surface area contributed by atoms with Gasteiger partial charge >= 0.3 is 0 Å². The summed E-state index contributed by atoms with van der Waals surface area (Å²) in [5.41, 5.74) is 0.0352. The van der Waals surface area contributed by atoms with Crippen LogP contribution >= 0.6 is 15.9 Å². The monoisotopic (exact) mass is 315 g/mol. The first-order valence-electron chi connectivity index (χ1n) is 5.98. The Hall–Kier alpha value is -0.940. The molecule has 1 aliphatic rings. The van der Waals surface area contributed by atoms with Gasteiger partial charge in [-0.05, 0) is 31.0 Å². The standard InChI is InChI=1S/C13H15BrFNO2/c14-9-4-5-11(15)10(6-9)13(18)16-12-3-1-2-8(12)7-17/h4-6,8,12,17H,1-3,7H2,(H,16,18). The molecule has 98 valence electrons. The zero-order valence-corrected chi connectivity index (χ0v) is 11.4. The average Bonchev–Trinajstić information content (AvgIpc) is 2.79. The summed E-state index contributed by atoms with van der Waals surface area (Å²) in [7, 11) is 0. The third-order valence-electron chi connectivity index (χ3n) is 3.38. The number of hydrogen-bond donors (Lipinski definition) is 2. The molecule has 5 heteroatoms. The number of rotatable bonds is 3. The Morgan fingerprint density at radius 1 is 1.50 bits per heavy atom. The molecule has 0 heterocycles. The first kappa shape index (κ1) is 13.5. The molecule has 2 rings (SSSR count). The van der Waals surface area contributed by atoms with Crippen molar-refractivity contribution in [2.75, 3.05) is 6.61 Å². The van der Waals surface area contributed by atoms with Gasteiger partial charge in [0.15, 0.2) is 0 Å². The van der Waals surface area contributed by atoms with E-state index in [0.717, 1.165) is 19.3 Å². The van der Waals surface area contributed by atoms with Crippen molar-refractivity contribution >= 4 is 21.8 Å². The van der Waals surface area contributed by atoms with Crippen LogP contribution in [0.2, 0.25) is 0 Å². The first-order valence-corrected chi connectivity index (χ1v) is 6.78. The Kier molecular flexibility index (Phi) is 4.35. The molecule has 2 atom stereocenters. The number of carbonyl (C=O) groups is 1. The Balaban J connectivity index is 2.09. The van der Waals surface area contributed by atoms with Crippen molar-refractivity contribution in [3.63, 3.8) is 0 Å². The third kappa shape index (κ3) is 2.90. The molecule has 0 spiro atoms. The second kappa shape index (κ2) is 5.80. The SMILES string of the molecule is O=C(NC1CCCC1CO)c1cc(Br)ccc1F. The zero-order valence-electron chi connectivity index (χ0n) is 9.83. The maximum Gasteiger partial charge on any atom is 0.254 e. The number of aliphatic hydroxyl groups excluding tert-OH is 1. The van der Waals surface area contributed by atoms with E-state index < -0.39 is 11.7 Å². The summed E-state index contributed by atoms with van der Waals surface area (Å²) in [5.74, 6) is -0.863. The summed E-state index contributed by atoms with van der Waals surface area (Å²) in [6.45, 7) is 0.0614. The minimum atomic E-state index is -0.533. The number of hydrogen-bond acceptors (Lipinski definition) is 2. The number of carbonyl (C=O) groups excluding carboxylic acids is 1. The van der Waals surface area contributed by atoms with Crippen molar-refractivity contribution in [2.24, 2.45) is 5.92 Å². The molecule has 1 amide bonds. The predicted molar refractivity (Wildman–Crippen MR) is 69.8 cm³/mol. The number of aliphatic hydroxyl groups is 1. The molecule has 2 N–H and O–H groups in total. The highest BCUT2D eigenvalue weighted by molar-refractivity contribution is 9.10. The maximum absolute atomic E-state index is 13.5. The van der Waals surface area contributed by atoms with Gasteiger partial charge in [-0.25, -0.2) is 4.39 Å². The molecule has 2 unspecified atom stereocenters. The minimum Gasteiger partial charge on any atom is -0.396 e. The van der Waals surface area contributed by atoms with Crippen LogP contribution in [0.1, 0.15) is 29.6 Å². The molecule has 0 radical (unpaired) electrons. The summed E-state index contributed by atoms with van der Waals surface area (Å²) in [6.07, 6.45) is 2.73. The number of nitrogens with one attached hydrogen (secondary N) is 1. The summed E-state index contributed by atoms with van der Waals surface area (Å²) >= 11 is 3.22. The van der Waals surface area contributed by atoms with Crippen LogP contribution in [0.25, 0.3) is 0 Å². The van der Waals surface area contributed by atoms with Crippen molar-refractivity contribution in [2.45, 2.75) is 25.3 Å². The lowest BCUT2D eigenvalue weighted by atomic mass is 10.0. The quantitative estimate of drug-likeness (QED) is 0.900. The van der Waals surface area contributed by atoms with Crippen LogP contribution in [0.3, 0.4) is 0 Å². The van der Waals surface area contributed by atoms with E-state index in [4.69, 9.17) is 0 Å². The van der Waals surface area contributed by atoms with Crippen molar-refractivity contribution in [1.29, 1.82) is 0 Å². The predicted octanol–water partition coefficient (Wildman–Crippen LogP) is 2.48. The van der Waals surface area contributed by atoms with Gasteiger partial charge in [0, 0.05) is 23.0 Å². The topological polar surface area (TPSA) is 49.3 Å². The van der Waals surface area contributed by atoms with E-state index in [1.807, 2.05) is 0 Å². The summed E-state index contributed by atoms with van der Waals surface area (Å²) < 4.78 is 14.2. The fourth-order valence-corrected chi connectivity index (χ4v) is 2.72. The summed E-state index contributed by atoms with van der Waals surface area (Å²) in [6, 6.07) is 4.23. The van der Waals surface area contributed by atoms with Gasteiger partial charge in [0.2, 0.25) is 0 Å². The van der Waals surface area contributed by atoms with E-state index in [-0.39, 0.29) is 24.1 Å². The number of amides is 1. The Bertz CT molecular complexity index is 453. The zero-order chi connectivity index (χ0) is 13.1. The van der Waals surface area contributed by atoms with Gasteiger partial charge in [0.25, 0.3) is 5.91 Å². The maximum atomic E-state index is 13.5. The van der Waals surface area contributed by atoms with Crippen molar-refractivity contribution < 1.29 is 14.3 Å². The lowest BCUT2D eigenvalue weighted by molar-refractivity contribution is 0.0912. The third-order valence-corrected chi connectivity index (χ3v) is 3.88. The largest absolute Gasteiger partial charge is 0.396 e. The van der Waals surface area contributed by atoms with E-state index >= 15 is 0 Å². The molecule has 3 nitrogen and oxygen atoms in total. The minimum absolute atomic E-state index is 0.0352. The molecule has 1 fully saturated rings. The lowest BCUT2D eigenvalue weighted by Gasteiger charge is -2.19. The van der Waals surface area contributed by atoms with E-state index in [0.29, 0.717) is 4.47 Å². The van der Waals surface area contributed by atoms with Crippen LogP contribution in [0.4, 0.5) is 4.39 Å². The Morgan fingerprint density at radius 2 is 2.28 bits per heavy atom. The van der Waals surface area contributed by atoms with E-state index in [1.54, 1.807) is 6.07 Å². The van der Waals surface area contributed by atoms with Crippen LogP contribution in [0.5, 0.6) is 0 Å². The smallest absolute Gasteiger partial charge is 0.254 e. The highest BCUT2D eigenvalue weighted by Gasteiger charge is 2.28. The molecular formula is C13H15BrFNO2. The normalized spacial score (nSPS) is 23.1. The van der Waals surface area contributed by atoms with Gasteiger partial charge in [-0.2, -0.15) is 0 Å². The average molecular weight is 316 g/mol. The van der Waals surface area contributed by atoms with E-state index in [1.165, 1.54) is 12.1 Å².